The van der Waals surface area contributed by atoms with E-state index in [0.29, 0.717) is 6.42 Å². The van der Waals surface area contributed by atoms with Crippen molar-refractivity contribution in [1.82, 2.24) is 0 Å². The van der Waals surface area contributed by atoms with Crippen molar-refractivity contribution in [2.24, 2.45) is 0 Å². The lowest BCUT2D eigenvalue weighted by atomic mass is 10.0. The summed E-state index contributed by atoms with van der Waals surface area (Å²) in [7, 11) is 0. The minimum atomic E-state index is -0.467. The highest BCUT2D eigenvalue weighted by Crippen LogP contribution is 2.29. The molecule has 2 heterocycles. The van der Waals surface area contributed by atoms with Crippen LogP contribution >= 0.6 is 0 Å². The Kier molecular flexibility index (Phi) is 5.44. The summed E-state index contributed by atoms with van der Waals surface area (Å²) in [5.41, 5.74) is 2.04. The lowest BCUT2D eigenvalue weighted by molar-refractivity contribution is 0.0989. The third-order valence-electron chi connectivity index (χ3n) is 4.52. The Morgan fingerprint density at radius 1 is 0.710 bits per heavy atom. The topological polar surface area (TPSA) is 125 Å². The molecule has 0 saturated heterocycles. The van der Waals surface area contributed by atoms with Crippen LogP contribution in [0, 0.1) is 0 Å². The van der Waals surface area contributed by atoms with Crippen molar-refractivity contribution in [2.75, 3.05) is 10.6 Å². The number of aromatic hydroxyl groups is 2. The van der Waals surface area contributed by atoms with Gasteiger partial charge in [0.15, 0.2) is 11.5 Å². The van der Waals surface area contributed by atoms with Crippen LogP contribution in [0.4, 0.5) is 11.4 Å². The van der Waals surface area contributed by atoms with E-state index in [2.05, 4.69) is 10.6 Å². The van der Waals surface area contributed by atoms with Gasteiger partial charge in [-0.15, -0.1) is 0 Å². The van der Waals surface area contributed by atoms with Crippen LogP contribution in [0.3, 0.4) is 0 Å². The quantitative estimate of drug-likeness (QED) is 0.345. The largest absolute Gasteiger partial charge is 0.506 e. The number of hydrogen-bond acceptors (Lipinski definition) is 6. The second-order valence-electron chi connectivity index (χ2n) is 6.74. The molecule has 0 spiro atoms. The monoisotopic (exact) mass is 418 g/mol. The number of carbonyl (C=O) groups is 2. The summed E-state index contributed by atoms with van der Waals surface area (Å²) >= 11 is 0. The van der Waals surface area contributed by atoms with Gasteiger partial charge in [0.05, 0.1) is 23.9 Å². The van der Waals surface area contributed by atoms with Crippen molar-refractivity contribution in [2.45, 2.75) is 6.42 Å². The number of phenols is 2. The minimum Gasteiger partial charge on any atom is -0.506 e. The van der Waals surface area contributed by atoms with E-state index in [-0.39, 0.29) is 34.4 Å². The number of rotatable bonds is 6. The summed E-state index contributed by atoms with van der Waals surface area (Å²) in [5.74, 6) is -0.848. The summed E-state index contributed by atoms with van der Waals surface area (Å²) in [6, 6.07) is 16.0. The molecule has 0 aliphatic carbocycles. The summed E-state index contributed by atoms with van der Waals surface area (Å²) in [6.07, 6.45) is 3.20. The van der Waals surface area contributed by atoms with E-state index in [0.717, 1.165) is 11.1 Å². The Morgan fingerprint density at radius 3 is 1.52 bits per heavy atom. The lowest BCUT2D eigenvalue weighted by Crippen LogP contribution is -2.11. The number of benzene rings is 2. The van der Waals surface area contributed by atoms with Gasteiger partial charge >= 0.3 is 0 Å². The van der Waals surface area contributed by atoms with Crippen LogP contribution in [0.5, 0.6) is 11.5 Å². The minimum absolute atomic E-state index is 0.0936. The second-order valence-corrected chi connectivity index (χ2v) is 6.74. The highest BCUT2D eigenvalue weighted by atomic mass is 16.3. The number of phenolic OH excluding ortho intramolecular Hbond substituents is 2. The van der Waals surface area contributed by atoms with Crippen molar-refractivity contribution < 1.29 is 28.6 Å². The van der Waals surface area contributed by atoms with Crippen molar-refractivity contribution >= 4 is 23.2 Å². The molecule has 0 aliphatic rings. The first kappa shape index (κ1) is 19.8. The van der Waals surface area contributed by atoms with Crippen LogP contribution in [-0.4, -0.2) is 22.0 Å². The molecule has 2 aromatic carbocycles. The standard InChI is InChI=1S/C23H18N2O6/c26-18-12-14(5-7-16(18)24-22(28)20-3-1-9-30-20)11-15-6-8-17(19(27)13-15)25-23(29)21-4-2-10-31-21/h1-10,12-13,26-27H,11H2,(H,24,28)(H,25,29). The average Bonchev–Trinajstić information content (AvgIpc) is 3.46. The van der Waals surface area contributed by atoms with E-state index >= 15 is 0 Å². The molecule has 2 amide bonds. The Morgan fingerprint density at radius 2 is 1.16 bits per heavy atom. The number of amides is 2. The van der Waals surface area contributed by atoms with E-state index in [9.17, 15) is 19.8 Å². The van der Waals surface area contributed by atoms with E-state index in [4.69, 9.17) is 8.83 Å². The fraction of sp³-hybridized carbons (Fsp3) is 0.0435. The van der Waals surface area contributed by atoms with Gasteiger partial charge in [0.1, 0.15) is 11.5 Å². The van der Waals surface area contributed by atoms with Gasteiger partial charge in [0, 0.05) is 0 Å². The molecule has 2 aromatic heterocycles. The molecule has 0 unspecified atom stereocenters. The Hall–Kier alpha value is -4.46. The van der Waals surface area contributed by atoms with Gasteiger partial charge in [-0.3, -0.25) is 9.59 Å². The second kappa shape index (κ2) is 8.50. The van der Waals surface area contributed by atoms with Gasteiger partial charge in [0.2, 0.25) is 0 Å². The molecule has 0 atom stereocenters. The zero-order valence-corrected chi connectivity index (χ0v) is 16.2. The summed E-state index contributed by atoms with van der Waals surface area (Å²) < 4.78 is 10.1. The maximum atomic E-state index is 12.0. The molecule has 156 valence electrons. The molecule has 0 aliphatic heterocycles. The predicted octanol–water partition coefficient (Wildman–Crippen LogP) is 4.38. The van der Waals surface area contributed by atoms with Crippen LogP contribution in [0.15, 0.2) is 82.0 Å². The molecule has 0 bridgehead atoms. The third-order valence-corrected chi connectivity index (χ3v) is 4.52. The van der Waals surface area contributed by atoms with Crippen LogP contribution in [0.25, 0.3) is 0 Å². The van der Waals surface area contributed by atoms with Gasteiger partial charge < -0.3 is 29.7 Å². The maximum Gasteiger partial charge on any atom is 0.291 e. The first-order chi connectivity index (χ1) is 15.0. The summed E-state index contributed by atoms with van der Waals surface area (Å²) in [5, 5.41) is 25.7. The molecular formula is C23H18N2O6. The number of furan rings is 2. The third kappa shape index (κ3) is 4.59. The molecule has 8 nitrogen and oxygen atoms in total. The van der Waals surface area contributed by atoms with Crippen LogP contribution in [-0.2, 0) is 6.42 Å². The SMILES string of the molecule is O=C(Nc1ccc(Cc2ccc(NC(=O)c3ccco3)c(O)c2)cc1O)c1ccco1. The van der Waals surface area contributed by atoms with Crippen molar-refractivity contribution in [3.63, 3.8) is 0 Å². The Labute approximate surface area is 176 Å². The lowest BCUT2D eigenvalue weighted by Gasteiger charge is -2.10. The van der Waals surface area contributed by atoms with E-state index in [1.165, 1.54) is 36.8 Å². The van der Waals surface area contributed by atoms with E-state index < -0.39 is 11.8 Å². The fourth-order valence-corrected chi connectivity index (χ4v) is 3.00. The zero-order valence-electron chi connectivity index (χ0n) is 16.2. The Balaban J connectivity index is 1.43. The highest BCUT2D eigenvalue weighted by Gasteiger charge is 2.13. The number of carbonyl (C=O) groups excluding carboxylic acids is 2. The first-order valence-corrected chi connectivity index (χ1v) is 9.33. The Bertz CT molecular complexity index is 1120. The summed E-state index contributed by atoms with van der Waals surface area (Å²) in [4.78, 5) is 24.1. The number of anilines is 2. The molecule has 0 saturated carbocycles. The van der Waals surface area contributed by atoms with Crippen LogP contribution in [0.2, 0.25) is 0 Å². The molecule has 0 fully saturated rings. The number of hydrogen-bond donors (Lipinski definition) is 4. The molecule has 8 heteroatoms. The van der Waals surface area contributed by atoms with Gasteiger partial charge in [0.25, 0.3) is 11.8 Å². The van der Waals surface area contributed by atoms with Gasteiger partial charge in [-0.05, 0) is 66.1 Å². The first-order valence-electron chi connectivity index (χ1n) is 9.33. The van der Waals surface area contributed by atoms with Crippen molar-refractivity contribution in [3.05, 3.63) is 95.8 Å². The average molecular weight is 418 g/mol. The fourth-order valence-electron chi connectivity index (χ4n) is 3.00. The van der Waals surface area contributed by atoms with Gasteiger partial charge in [-0.1, -0.05) is 12.1 Å². The smallest absolute Gasteiger partial charge is 0.291 e. The summed E-state index contributed by atoms with van der Waals surface area (Å²) in [6.45, 7) is 0. The highest BCUT2D eigenvalue weighted by molar-refractivity contribution is 6.03. The molecule has 0 radical (unpaired) electrons. The predicted molar refractivity (Wildman–Crippen MR) is 112 cm³/mol. The van der Waals surface area contributed by atoms with Gasteiger partial charge in [-0.2, -0.15) is 0 Å². The number of nitrogens with one attached hydrogen (secondary N) is 2. The van der Waals surface area contributed by atoms with Crippen LogP contribution in [0.1, 0.15) is 32.2 Å². The molecule has 4 rings (SSSR count). The van der Waals surface area contributed by atoms with E-state index in [1.54, 1.807) is 36.4 Å². The normalized spacial score (nSPS) is 10.6. The molecule has 4 aromatic rings. The van der Waals surface area contributed by atoms with Crippen molar-refractivity contribution in [3.8, 4) is 11.5 Å². The maximum absolute atomic E-state index is 12.0. The van der Waals surface area contributed by atoms with Gasteiger partial charge in [-0.25, -0.2) is 0 Å². The van der Waals surface area contributed by atoms with Crippen LogP contribution < -0.4 is 10.6 Å². The molecule has 4 N–H and O–H groups in total. The molecule has 31 heavy (non-hydrogen) atoms. The molecular weight excluding hydrogens is 400 g/mol. The van der Waals surface area contributed by atoms with Crippen molar-refractivity contribution in [1.29, 1.82) is 0 Å². The zero-order chi connectivity index (χ0) is 21.8. The van der Waals surface area contributed by atoms with E-state index in [1.807, 2.05) is 0 Å².